The van der Waals surface area contributed by atoms with Gasteiger partial charge in [-0.15, -0.1) is 0 Å². The zero-order chi connectivity index (χ0) is 15.1. The second-order valence-electron chi connectivity index (χ2n) is 4.67. The van der Waals surface area contributed by atoms with E-state index in [0.29, 0.717) is 13.2 Å². The van der Waals surface area contributed by atoms with Crippen LogP contribution in [0.2, 0.25) is 0 Å². The minimum absolute atomic E-state index is 0.0626. The molecule has 0 rings (SSSR count). The van der Waals surface area contributed by atoms with Gasteiger partial charge in [0.05, 0.1) is 13.2 Å². The van der Waals surface area contributed by atoms with Gasteiger partial charge in [-0.3, -0.25) is 0 Å². The van der Waals surface area contributed by atoms with Crippen LogP contribution < -0.4 is 0 Å². The summed E-state index contributed by atoms with van der Waals surface area (Å²) in [7, 11) is 0.219. The van der Waals surface area contributed by atoms with Gasteiger partial charge in [-0.2, -0.15) is 0 Å². The topological polar surface area (TPSA) is 36.9 Å². The fraction of sp³-hybridized carbons (Fsp3) is 1.00. The molecule has 0 saturated carbocycles. The third-order valence-corrected chi connectivity index (χ3v) is 4.15. The highest BCUT2D eigenvalue weighted by Crippen LogP contribution is 2.42. The van der Waals surface area contributed by atoms with Crippen LogP contribution in [-0.2, 0) is 18.5 Å². The molecule has 0 aromatic heterocycles. The Hall–Kier alpha value is 0.560. The normalized spacial score (nSPS) is 14.4. The first-order chi connectivity index (χ1) is 9.74. The second-order valence-corrected chi connectivity index (χ2v) is 6.55. The van der Waals surface area contributed by atoms with Gasteiger partial charge in [-0.25, -0.2) is 0 Å². The summed E-state index contributed by atoms with van der Waals surface area (Å²) < 4.78 is 21.7. The van der Waals surface area contributed by atoms with Crippen LogP contribution in [0.3, 0.4) is 0 Å². The molecule has 0 heterocycles. The summed E-state index contributed by atoms with van der Waals surface area (Å²) in [5, 5.41) is 0. The summed E-state index contributed by atoms with van der Waals surface area (Å²) in [5.41, 5.74) is 0. The maximum absolute atomic E-state index is 5.82. The zero-order valence-corrected chi connectivity index (χ0v) is 14.8. The molecule has 0 aromatic rings. The van der Waals surface area contributed by atoms with Gasteiger partial charge in [0.2, 0.25) is 0 Å². The van der Waals surface area contributed by atoms with Crippen molar-refractivity contribution in [2.75, 3.05) is 33.5 Å². The van der Waals surface area contributed by atoms with Gasteiger partial charge in [0.1, 0.15) is 6.10 Å². The Kier molecular flexibility index (Phi) is 16.4. The van der Waals surface area contributed by atoms with Crippen LogP contribution in [0.15, 0.2) is 0 Å². The molecule has 0 bridgehead atoms. The number of halogens is 1. The average Bonchev–Trinajstić information content (AvgIpc) is 2.47. The Morgan fingerprint density at radius 2 is 1.60 bits per heavy atom. The van der Waals surface area contributed by atoms with Crippen LogP contribution in [-0.4, -0.2) is 39.6 Å². The summed E-state index contributed by atoms with van der Waals surface area (Å²) in [6.07, 6.45) is 6.89. The van der Waals surface area contributed by atoms with E-state index in [0.717, 1.165) is 26.1 Å². The fourth-order valence-corrected chi connectivity index (χ4v) is 2.17. The molecule has 0 spiro atoms. The lowest BCUT2D eigenvalue weighted by Gasteiger charge is -2.19. The third kappa shape index (κ3) is 13.5. The summed E-state index contributed by atoms with van der Waals surface area (Å²) in [4.78, 5) is 0. The van der Waals surface area contributed by atoms with E-state index < -0.39 is 7.73 Å². The number of hydrogen-bond donors (Lipinski definition) is 0. The molecule has 0 fully saturated rings. The van der Waals surface area contributed by atoms with Crippen molar-refractivity contribution in [2.24, 2.45) is 0 Å². The predicted octanol–water partition coefficient (Wildman–Crippen LogP) is 4.90. The third-order valence-electron chi connectivity index (χ3n) is 2.80. The maximum atomic E-state index is 5.82. The lowest BCUT2D eigenvalue weighted by molar-refractivity contribution is -0.0383. The van der Waals surface area contributed by atoms with Crippen molar-refractivity contribution in [1.29, 1.82) is 0 Å². The molecule has 0 radical (unpaired) electrons. The van der Waals surface area contributed by atoms with Gasteiger partial charge >= 0.3 is 0 Å². The van der Waals surface area contributed by atoms with Gasteiger partial charge in [-0.05, 0) is 24.1 Å². The SMILES string of the molecule is CCCCCOCC(COP(Cl)OC)OCCCCC. The molecular formula is C14H30ClO4P. The second kappa shape index (κ2) is 15.9. The Labute approximate surface area is 130 Å². The Morgan fingerprint density at radius 3 is 2.20 bits per heavy atom. The van der Waals surface area contributed by atoms with Crippen LogP contribution in [0.4, 0.5) is 0 Å². The van der Waals surface area contributed by atoms with Crippen molar-refractivity contribution < 1.29 is 18.5 Å². The standard InChI is InChI=1S/C14H30ClO4P/c1-4-6-8-10-17-12-14(13-19-20(15)16-3)18-11-9-7-5-2/h14H,4-13H2,1-3H3. The van der Waals surface area contributed by atoms with Crippen LogP contribution >= 0.6 is 19.0 Å². The first kappa shape index (κ1) is 20.6. The van der Waals surface area contributed by atoms with Crippen LogP contribution in [0.5, 0.6) is 0 Å². The number of unbranched alkanes of at least 4 members (excludes halogenated alkanes) is 4. The Bertz CT molecular complexity index is 198. The van der Waals surface area contributed by atoms with Crippen LogP contribution in [0, 0.1) is 0 Å². The molecule has 0 aromatic carbocycles. The van der Waals surface area contributed by atoms with Gasteiger partial charge < -0.3 is 18.5 Å². The number of ether oxygens (including phenoxy) is 2. The lowest BCUT2D eigenvalue weighted by Crippen LogP contribution is -2.25. The van der Waals surface area contributed by atoms with Gasteiger partial charge in [-0.1, -0.05) is 39.5 Å². The molecule has 6 heteroatoms. The monoisotopic (exact) mass is 328 g/mol. The van der Waals surface area contributed by atoms with Crippen molar-refractivity contribution in [3.8, 4) is 0 Å². The molecule has 0 aliphatic carbocycles. The first-order valence-corrected chi connectivity index (χ1v) is 9.65. The van der Waals surface area contributed by atoms with E-state index in [1.54, 1.807) is 0 Å². The molecule has 0 aliphatic rings. The average molecular weight is 329 g/mol. The molecule has 20 heavy (non-hydrogen) atoms. The maximum Gasteiger partial charge on any atom is 0.276 e. The van der Waals surface area contributed by atoms with Gasteiger partial charge in [0.25, 0.3) is 7.73 Å². The van der Waals surface area contributed by atoms with Gasteiger partial charge in [0.15, 0.2) is 0 Å². The highest BCUT2D eigenvalue weighted by molar-refractivity contribution is 7.76. The molecule has 0 amide bonds. The Balaban J connectivity index is 3.78. The summed E-state index contributed by atoms with van der Waals surface area (Å²) in [6.45, 7) is 6.86. The molecule has 0 N–H and O–H groups in total. The quantitative estimate of drug-likeness (QED) is 0.316. The molecule has 2 atom stereocenters. The fourth-order valence-electron chi connectivity index (χ4n) is 1.61. The van der Waals surface area contributed by atoms with E-state index in [4.69, 9.17) is 29.8 Å². The minimum atomic E-state index is -1.32. The van der Waals surface area contributed by atoms with Crippen molar-refractivity contribution in [3.63, 3.8) is 0 Å². The zero-order valence-electron chi connectivity index (χ0n) is 13.1. The van der Waals surface area contributed by atoms with E-state index in [9.17, 15) is 0 Å². The molecule has 0 saturated heterocycles. The largest absolute Gasteiger partial charge is 0.379 e. The van der Waals surface area contributed by atoms with Crippen molar-refractivity contribution >= 4 is 19.0 Å². The summed E-state index contributed by atoms with van der Waals surface area (Å²) in [5.74, 6) is 0. The first-order valence-electron chi connectivity index (χ1n) is 7.56. The van der Waals surface area contributed by atoms with Crippen molar-refractivity contribution in [1.82, 2.24) is 0 Å². The predicted molar refractivity (Wildman–Crippen MR) is 85.3 cm³/mol. The van der Waals surface area contributed by atoms with Crippen molar-refractivity contribution in [3.05, 3.63) is 0 Å². The lowest BCUT2D eigenvalue weighted by atomic mass is 10.2. The number of rotatable bonds is 15. The smallest absolute Gasteiger partial charge is 0.276 e. The van der Waals surface area contributed by atoms with Crippen molar-refractivity contribution in [2.45, 2.75) is 58.5 Å². The van der Waals surface area contributed by atoms with E-state index >= 15 is 0 Å². The molecule has 122 valence electrons. The van der Waals surface area contributed by atoms with E-state index in [1.165, 1.54) is 32.8 Å². The van der Waals surface area contributed by atoms with Gasteiger partial charge in [0, 0.05) is 20.3 Å². The molecular weight excluding hydrogens is 299 g/mol. The minimum Gasteiger partial charge on any atom is -0.379 e. The number of hydrogen-bond acceptors (Lipinski definition) is 4. The van der Waals surface area contributed by atoms with Crippen LogP contribution in [0.1, 0.15) is 52.4 Å². The molecule has 2 unspecified atom stereocenters. The van der Waals surface area contributed by atoms with Crippen LogP contribution in [0.25, 0.3) is 0 Å². The highest BCUT2D eigenvalue weighted by atomic mass is 35.7. The summed E-state index contributed by atoms with van der Waals surface area (Å²) in [6, 6.07) is 0. The molecule has 4 nitrogen and oxygen atoms in total. The Morgan fingerprint density at radius 1 is 0.950 bits per heavy atom. The van der Waals surface area contributed by atoms with E-state index in [1.807, 2.05) is 0 Å². The highest BCUT2D eigenvalue weighted by Gasteiger charge is 2.13. The van der Waals surface area contributed by atoms with E-state index in [-0.39, 0.29) is 6.10 Å². The molecule has 0 aliphatic heterocycles. The summed E-state index contributed by atoms with van der Waals surface area (Å²) >= 11 is 5.82. The van der Waals surface area contributed by atoms with E-state index in [2.05, 4.69) is 13.8 Å².